The molecule has 19 heavy (non-hydrogen) atoms. The minimum absolute atomic E-state index is 0. The van der Waals surface area contributed by atoms with E-state index in [0.717, 1.165) is 47.6 Å². The first-order chi connectivity index (χ1) is 8.86. The first-order valence-corrected chi connectivity index (χ1v) is 6.44. The molecule has 2 aromatic heterocycles. The Kier molecular flexibility index (Phi) is 3.07. The van der Waals surface area contributed by atoms with Crippen molar-refractivity contribution in [3.8, 4) is 11.3 Å². The van der Waals surface area contributed by atoms with E-state index in [4.69, 9.17) is 4.52 Å². The fourth-order valence-electron chi connectivity index (χ4n) is 3.26. The Hall–Kier alpha value is -1.39. The van der Waals surface area contributed by atoms with Crippen LogP contribution in [-0.4, -0.2) is 23.2 Å². The number of fused-ring (bicyclic) bond motifs is 1. The van der Waals surface area contributed by atoms with Crippen molar-refractivity contribution in [2.45, 2.75) is 12.8 Å². The minimum Gasteiger partial charge on any atom is -0.361 e. The van der Waals surface area contributed by atoms with Gasteiger partial charge in [0.05, 0.1) is 17.0 Å². The molecule has 1 aliphatic carbocycles. The van der Waals surface area contributed by atoms with Gasteiger partial charge in [-0.1, -0.05) is 11.2 Å². The number of nitrogens with one attached hydrogen (secondary N) is 1. The van der Waals surface area contributed by atoms with Gasteiger partial charge in [-0.05, 0) is 44.0 Å². The summed E-state index contributed by atoms with van der Waals surface area (Å²) in [6.07, 6.45) is 1.82. The molecule has 0 aromatic carbocycles. The van der Waals surface area contributed by atoms with E-state index in [9.17, 15) is 0 Å². The van der Waals surface area contributed by atoms with Gasteiger partial charge in [0.25, 0.3) is 0 Å². The van der Waals surface area contributed by atoms with Crippen molar-refractivity contribution in [2.24, 2.45) is 11.8 Å². The van der Waals surface area contributed by atoms with Crippen molar-refractivity contribution < 1.29 is 4.52 Å². The van der Waals surface area contributed by atoms with Crippen molar-refractivity contribution in [1.29, 1.82) is 0 Å². The lowest BCUT2D eigenvalue weighted by Crippen LogP contribution is -2.14. The fourth-order valence-corrected chi connectivity index (χ4v) is 3.26. The molecule has 1 aliphatic heterocycles. The number of nitrogens with zero attached hydrogens (tertiary/aromatic N) is 2. The lowest BCUT2D eigenvalue weighted by atomic mass is 10.0. The van der Waals surface area contributed by atoms with Gasteiger partial charge in [0.1, 0.15) is 5.76 Å². The van der Waals surface area contributed by atoms with Gasteiger partial charge in [-0.3, -0.25) is 4.98 Å². The molecule has 2 aliphatic rings. The minimum atomic E-state index is 0. The summed E-state index contributed by atoms with van der Waals surface area (Å²) < 4.78 is 5.41. The monoisotopic (exact) mass is 277 g/mol. The number of aromatic nitrogens is 2. The number of hydrogen-bond donors (Lipinski definition) is 1. The van der Waals surface area contributed by atoms with Crippen LogP contribution >= 0.6 is 12.4 Å². The maximum absolute atomic E-state index is 5.41. The Morgan fingerprint density at radius 1 is 1.26 bits per heavy atom. The highest BCUT2D eigenvalue weighted by atomic mass is 35.5. The van der Waals surface area contributed by atoms with E-state index < -0.39 is 0 Å². The molecule has 1 saturated carbocycles. The Labute approximate surface area is 118 Å². The van der Waals surface area contributed by atoms with Gasteiger partial charge in [0.2, 0.25) is 0 Å². The zero-order valence-electron chi connectivity index (χ0n) is 10.7. The highest BCUT2D eigenvalue weighted by Crippen LogP contribution is 2.57. The van der Waals surface area contributed by atoms with Crippen LogP contribution in [0.1, 0.15) is 17.4 Å². The number of rotatable bonds is 2. The van der Waals surface area contributed by atoms with Crippen molar-refractivity contribution in [3.63, 3.8) is 0 Å². The van der Waals surface area contributed by atoms with Crippen molar-refractivity contribution in [3.05, 3.63) is 35.9 Å². The number of halogens is 1. The highest BCUT2D eigenvalue weighted by molar-refractivity contribution is 5.85. The first-order valence-electron chi connectivity index (χ1n) is 6.44. The zero-order chi connectivity index (χ0) is 12.1. The lowest BCUT2D eigenvalue weighted by molar-refractivity contribution is 0.388. The van der Waals surface area contributed by atoms with Gasteiger partial charge in [0, 0.05) is 12.1 Å². The zero-order valence-corrected chi connectivity index (χ0v) is 11.5. The predicted octanol–water partition coefficient (Wildman–Crippen LogP) is 2.40. The van der Waals surface area contributed by atoms with Crippen molar-refractivity contribution >= 4 is 12.4 Å². The molecule has 0 bridgehead atoms. The molecule has 1 unspecified atom stereocenters. The summed E-state index contributed by atoms with van der Waals surface area (Å²) in [6, 6.07) is 5.97. The number of piperidine rings is 1. The quantitative estimate of drug-likeness (QED) is 0.916. The van der Waals surface area contributed by atoms with E-state index in [2.05, 4.69) is 15.5 Å². The van der Waals surface area contributed by atoms with E-state index in [1.54, 1.807) is 0 Å². The third kappa shape index (κ3) is 1.86. The summed E-state index contributed by atoms with van der Waals surface area (Å²) in [7, 11) is 0. The molecule has 2 aromatic rings. The van der Waals surface area contributed by atoms with Gasteiger partial charge in [-0.25, -0.2) is 0 Å². The molecule has 5 heteroatoms. The van der Waals surface area contributed by atoms with E-state index in [0.29, 0.717) is 5.92 Å². The number of aryl methyl sites for hydroxylation is 1. The smallest absolute Gasteiger partial charge is 0.143 e. The van der Waals surface area contributed by atoms with Crippen LogP contribution in [0, 0.1) is 18.8 Å². The molecule has 0 radical (unpaired) electrons. The second-order valence-electron chi connectivity index (χ2n) is 5.23. The molecule has 1 N–H and O–H groups in total. The molecule has 3 atom stereocenters. The SMILES string of the molecule is Cc1onc(C2[C@H]3CNC[C@@H]23)c1-c1ccccn1.Cl. The largest absolute Gasteiger partial charge is 0.361 e. The van der Waals surface area contributed by atoms with Crippen LogP contribution < -0.4 is 5.32 Å². The van der Waals surface area contributed by atoms with E-state index in [-0.39, 0.29) is 12.4 Å². The van der Waals surface area contributed by atoms with Gasteiger partial charge in [-0.2, -0.15) is 0 Å². The van der Waals surface area contributed by atoms with Crippen molar-refractivity contribution in [1.82, 2.24) is 15.5 Å². The van der Waals surface area contributed by atoms with Gasteiger partial charge < -0.3 is 9.84 Å². The molecule has 2 fully saturated rings. The van der Waals surface area contributed by atoms with Crippen LogP contribution in [0.2, 0.25) is 0 Å². The fraction of sp³-hybridized carbons (Fsp3) is 0.429. The second-order valence-corrected chi connectivity index (χ2v) is 5.23. The van der Waals surface area contributed by atoms with Crippen LogP contribution in [0.15, 0.2) is 28.9 Å². The average molecular weight is 278 g/mol. The van der Waals surface area contributed by atoms with Crippen molar-refractivity contribution in [2.75, 3.05) is 13.1 Å². The summed E-state index contributed by atoms with van der Waals surface area (Å²) in [5.41, 5.74) is 3.20. The Morgan fingerprint density at radius 2 is 2.05 bits per heavy atom. The second kappa shape index (κ2) is 4.62. The Morgan fingerprint density at radius 3 is 2.74 bits per heavy atom. The Bertz CT molecular complexity index is 574. The van der Waals surface area contributed by atoms with Crippen LogP contribution in [0.5, 0.6) is 0 Å². The lowest BCUT2D eigenvalue weighted by Gasteiger charge is -2.04. The summed E-state index contributed by atoms with van der Waals surface area (Å²) in [5, 5.41) is 7.71. The van der Waals surface area contributed by atoms with Crippen LogP contribution in [-0.2, 0) is 0 Å². The Balaban J connectivity index is 0.00000110. The summed E-state index contributed by atoms with van der Waals surface area (Å²) >= 11 is 0. The summed E-state index contributed by atoms with van der Waals surface area (Å²) in [5.74, 6) is 2.94. The van der Waals surface area contributed by atoms with Gasteiger partial charge in [0.15, 0.2) is 0 Å². The van der Waals surface area contributed by atoms with E-state index in [1.165, 1.54) is 0 Å². The van der Waals surface area contributed by atoms with Crippen LogP contribution in [0.25, 0.3) is 11.3 Å². The predicted molar refractivity (Wildman–Crippen MR) is 74.3 cm³/mol. The van der Waals surface area contributed by atoms with Crippen LogP contribution in [0.3, 0.4) is 0 Å². The molecule has 4 nitrogen and oxygen atoms in total. The van der Waals surface area contributed by atoms with Gasteiger partial charge in [-0.15, -0.1) is 12.4 Å². The summed E-state index contributed by atoms with van der Waals surface area (Å²) in [4.78, 5) is 4.43. The highest BCUT2D eigenvalue weighted by Gasteiger charge is 2.56. The molecule has 1 saturated heterocycles. The third-order valence-corrected chi connectivity index (χ3v) is 4.22. The molecule has 0 spiro atoms. The normalized spacial score (nSPS) is 27.7. The first kappa shape index (κ1) is 12.6. The standard InChI is InChI=1S/C14H15N3O.ClH/c1-8-12(11-4-2-3-5-16-11)14(17-18-8)13-9-6-15-7-10(9)13;/h2-5,9-10,13,15H,6-7H2,1H3;1H/t9-,10+,13?;. The maximum atomic E-state index is 5.41. The van der Waals surface area contributed by atoms with E-state index in [1.807, 2.05) is 31.3 Å². The van der Waals surface area contributed by atoms with Gasteiger partial charge >= 0.3 is 0 Å². The molecule has 100 valence electrons. The summed E-state index contributed by atoms with van der Waals surface area (Å²) in [6.45, 7) is 4.20. The third-order valence-electron chi connectivity index (χ3n) is 4.22. The number of pyridine rings is 1. The molecular formula is C14H16ClN3O. The maximum Gasteiger partial charge on any atom is 0.143 e. The van der Waals surface area contributed by atoms with E-state index >= 15 is 0 Å². The molecule has 0 amide bonds. The molecular weight excluding hydrogens is 262 g/mol. The number of hydrogen-bond acceptors (Lipinski definition) is 4. The van der Waals surface area contributed by atoms with Crippen LogP contribution in [0.4, 0.5) is 0 Å². The topological polar surface area (TPSA) is 51.0 Å². The molecule has 4 rings (SSSR count). The average Bonchev–Trinajstić information content (AvgIpc) is 2.79. The molecule has 3 heterocycles.